The third-order valence-electron chi connectivity index (χ3n) is 8.09. The lowest BCUT2D eigenvalue weighted by Crippen LogP contribution is -2.64. The van der Waals surface area contributed by atoms with E-state index in [1.807, 2.05) is 109 Å². The molecule has 0 radical (unpaired) electrons. The SMILES string of the molecule is COc1ccc(CO[C@@H]2[C@@H](OCc3ccc(OC)cc3)[C@@H]3O[C@H](c4ccccc4)OC[C@H]3O[C@@H]2[C@H](O)c2ccccc2)cc1. The van der Waals surface area contributed by atoms with Gasteiger partial charge in [0.05, 0.1) is 34.0 Å². The van der Waals surface area contributed by atoms with Crippen molar-refractivity contribution < 1.29 is 38.3 Å². The Kier molecular flexibility index (Phi) is 9.87. The van der Waals surface area contributed by atoms with E-state index in [0.29, 0.717) is 6.61 Å². The monoisotopic (exact) mass is 598 g/mol. The van der Waals surface area contributed by atoms with Gasteiger partial charge in [-0.1, -0.05) is 84.9 Å². The Labute approximate surface area is 258 Å². The molecule has 0 aliphatic carbocycles. The Hall–Kier alpha value is -3.76. The molecule has 0 unspecified atom stereocenters. The average Bonchev–Trinajstić information content (AvgIpc) is 3.10. The van der Waals surface area contributed by atoms with Gasteiger partial charge < -0.3 is 38.3 Å². The highest BCUT2D eigenvalue weighted by Crippen LogP contribution is 2.40. The summed E-state index contributed by atoms with van der Waals surface area (Å²) in [5.74, 6) is 1.53. The van der Waals surface area contributed by atoms with Gasteiger partial charge in [-0.15, -0.1) is 0 Å². The highest BCUT2D eigenvalue weighted by Gasteiger charge is 2.53. The lowest BCUT2D eigenvalue weighted by atomic mass is 9.88. The summed E-state index contributed by atoms with van der Waals surface area (Å²) in [6.45, 7) is 0.846. The third-order valence-corrected chi connectivity index (χ3v) is 8.09. The Morgan fingerprint density at radius 1 is 0.682 bits per heavy atom. The van der Waals surface area contributed by atoms with Crippen molar-refractivity contribution in [3.8, 4) is 11.5 Å². The van der Waals surface area contributed by atoms with Crippen LogP contribution >= 0.6 is 0 Å². The standard InChI is InChI=1S/C36H38O8/c1-38-28-17-13-24(14-18-28)21-40-34-32-30(23-42-36(44-32)27-11-7-4-8-12-27)43-33(31(37)26-9-5-3-6-10-26)35(34)41-22-25-15-19-29(39-2)20-16-25/h3-20,30-37H,21-23H2,1-2H3/t30-,31-,32-,33-,34+,35+,36-/m1/s1. The van der Waals surface area contributed by atoms with Crippen LogP contribution in [0, 0.1) is 0 Å². The lowest BCUT2D eigenvalue weighted by Gasteiger charge is -2.50. The summed E-state index contributed by atoms with van der Waals surface area (Å²) in [5.41, 5.74) is 3.55. The summed E-state index contributed by atoms with van der Waals surface area (Å²) in [6.07, 6.45) is -4.60. The minimum atomic E-state index is -0.975. The van der Waals surface area contributed by atoms with E-state index in [-0.39, 0.29) is 13.2 Å². The summed E-state index contributed by atoms with van der Waals surface area (Å²) in [7, 11) is 3.28. The van der Waals surface area contributed by atoms with Gasteiger partial charge in [0, 0.05) is 5.56 Å². The number of hydrogen-bond acceptors (Lipinski definition) is 8. The fraction of sp³-hybridized carbons (Fsp3) is 0.333. The van der Waals surface area contributed by atoms with Crippen LogP contribution in [0.2, 0.25) is 0 Å². The number of hydrogen-bond donors (Lipinski definition) is 1. The fourth-order valence-corrected chi connectivity index (χ4v) is 5.69. The van der Waals surface area contributed by atoms with Crippen molar-refractivity contribution in [3.63, 3.8) is 0 Å². The molecular weight excluding hydrogens is 560 g/mol. The van der Waals surface area contributed by atoms with E-state index < -0.39 is 42.9 Å². The van der Waals surface area contributed by atoms with Crippen molar-refractivity contribution >= 4 is 0 Å². The molecule has 8 heteroatoms. The molecule has 8 nitrogen and oxygen atoms in total. The quantitative estimate of drug-likeness (QED) is 0.232. The van der Waals surface area contributed by atoms with Crippen molar-refractivity contribution in [3.05, 3.63) is 131 Å². The van der Waals surface area contributed by atoms with Gasteiger partial charge in [-0.05, 0) is 41.0 Å². The number of benzene rings is 4. The molecule has 4 aromatic rings. The maximum atomic E-state index is 11.7. The predicted octanol–water partition coefficient (Wildman–Crippen LogP) is 5.79. The number of rotatable bonds is 11. The van der Waals surface area contributed by atoms with Crippen molar-refractivity contribution in [2.24, 2.45) is 0 Å². The van der Waals surface area contributed by atoms with Crippen LogP contribution in [0.25, 0.3) is 0 Å². The molecule has 2 aliphatic rings. The number of aliphatic hydroxyl groups excluding tert-OH is 1. The zero-order valence-electron chi connectivity index (χ0n) is 24.9. The van der Waals surface area contributed by atoms with Crippen molar-refractivity contribution in [1.82, 2.24) is 0 Å². The van der Waals surface area contributed by atoms with Crippen molar-refractivity contribution in [2.45, 2.75) is 56.1 Å². The van der Waals surface area contributed by atoms with Crippen LogP contribution in [0.15, 0.2) is 109 Å². The van der Waals surface area contributed by atoms with Gasteiger partial charge in [-0.2, -0.15) is 0 Å². The molecule has 0 saturated carbocycles. The Morgan fingerprint density at radius 2 is 1.23 bits per heavy atom. The van der Waals surface area contributed by atoms with Gasteiger partial charge in [0.2, 0.25) is 0 Å². The molecule has 7 atom stereocenters. The van der Waals surface area contributed by atoms with Crippen LogP contribution in [-0.4, -0.2) is 56.5 Å². The summed E-state index contributed by atoms with van der Waals surface area (Å²) in [5, 5.41) is 11.7. The van der Waals surface area contributed by atoms with E-state index in [1.165, 1.54) is 0 Å². The Bertz CT molecular complexity index is 1430. The molecule has 1 N–H and O–H groups in total. The van der Waals surface area contributed by atoms with Crippen molar-refractivity contribution in [2.75, 3.05) is 20.8 Å². The van der Waals surface area contributed by atoms with E-state index in [4.69, 9.17) is 33.2 Å². The zero-order valence-corrected chi connectivity index (χ0v) is 24.9. The van der Waals surface area contributed by atoms with Gasteiger partial charge >= 0.3 is 0 Å². The highest BCUT2D eigenvalue weighted by molar-refractivity contribution is 5.28. The molecule has 2 aliphatic heterocycles. The first-order valence-corrected chi connectivity index (χ1v) is 14.8. The molecule has 44 heavy (non-hydrogen) atoms. The number of fused-ring (bicyclic) bond motifs is 1. The highest BCUT2D eigenvalue weighted by atomic mass is 16.7. The first kappa shape index (κ1) is 30.3. The second-order valence-electron chi connectivity index (χ2n) is 10.9. The summed E-state index contributed by atoms with van der Waals surface area (Å²) in [6, 6.07) is 34.7. The second kappa shape index (κ2) is 14.3. The first-order chi connectivity index (χ1) is 21.6. The molecule has 2 saturated heterocycles. The smallest absolute Gasteiger partial charge is 0.184 e. The molecule has 0 aromatic heterocycles. The second-order valence-corrected chi connectivity index (χ2v) is 10.9. The lowest BCUT2D eigenvalue weighted by molar-refractivity contribution is -0.347. The first-order valence-electron chi connectivity index (χ1n) is 14.8. The molecule has 6 rings (SSSR count). The van der Waals surface area contributed by atoms with E-state index in [1.54, 1.807) is 14.2 Å². The number of ether oxygens (including phenoxy) is 7. The molecule has 4 aromatic carbocycles. The number of aliphatic hydroxyl groups is 1. The molecular formula is C36H38O8. The molecule has 2 heterocycles. The summed E-state index contributed by atoms with van der Waals surface area (Å²) in [4.78, 5) is 0. The van der Waals surface area contributed by atoms with Gasteiger partial charge in [0.25, 0.3) is 0 Å². The van der Waals surface area contributed by atoms with E-state index in [0.717, 1.165) is 33.8 Å². The Morgan fingerprint density at radius 3 is 1.80 bits per heavy atom. The van der Waals surface area contributed by atoms with Crippen molar-refractivity contribution in [1.29, 1.82) is 0 Å². The summed E-state index contributed by atoms with van der Waals surface area (Å²) >= 11 is 0. The fourth-order valence-electron chi connectivity index (χ4n) is 5.69. The van der Waals surface area contributed by atoms with Crippen LogP contribution in [0.5, 0.6) is 11.5 Å². The maximum absolute atomic E-state index is 11.7. The number of methoxy groups -OCH3 is 2. The molecule has 230 valence electrons. The van der Waals surface area contributed by atoms with Crippen LogP contribution in [0.3, 0.4) is 0 Å². The molecule has 0 spiro atoms. The molecule has 0 bridgehead atoms. The predicted molar refractivity (Wildman–Crippen MR) is 163 cm³/mol. The third kappa shape index (κ3) is 6.97. The van der Waals surface area contributed by atoms with Crippen LogP contribution in [0.1, 0.15) is 34.6 Å². The van der Waals surface area contributed by atoms with Crippen LogP contribution in [-0.2, 0) is 36.9 Å². The normalized spacial score (nSPS) is 25.5. The van der Waals surface area contributed by atoms with Crippen LogP contribution in [0.4, 0.5) is 0 Å². The van der Waals surface area contributed by atoms with Gasteiger partial charge in [0.15, 0.2) is 6.29 Å². The zero-order chi connectivity index (χ0) is 30.3. The van der Waals surface area contributed by atoms with E-state index in [9.17, 15) is 5.11 Å². The minimum absolute atomic E-state index is 0.272. The van der Waals surface area contributed by atoms with Gasteiger partial charge in [-0.25, -0.2) is 0 Å². The van der Waals surface area contributed by atoms with Gasteiger partial charge in [-0.3, -0.25) is 0 Å². The van der Waals surface area contributed by atoms with Gasteiger partial charge in [0.1, 0.15) is 48.1 Å². The Balaban J connectivity index is 1.32. The topological polar surface area (TPSA) is 84.8 Å². The summed E-state index contributed by atoms with van der Waals surface area (Å²) < 4.78 is 43.3. The maximum Gasteiger partial charge on any atom is 0.184 e. The largest absolute Gasteiger partial charge is 0.497 e. The van der Waals surface area contributed by atoms with E-state index in [2.05, 4.69) is 0 Å². The molecule has 2 fully saturated rings. The average molecular weight is 599 g/mol. The van der Waals surface area contributed by atoms with Crippen LogP contribution < -0.4 is 9.47 Å². The van der Waals surface area contributed by atoms with E-state index >= 15 is 0 Å². The molecule has 0 amide bonds. The minimum Gasteiger partial charge on any atom is -0.497 e.